The van der Waals surface area contributed by atoms with Crippen LogP contribution in [0, 0.1) is 6.92 Å². The SMILES string of the molecule is Cc1ccccc1CSCC(=O)N=Nc1c(O)[nH]c2ccccc12. The van der Waals surface area contributed by atoms with Gasteiger partial charge in [0.1, 0.15) is 0 Å². The molecule has 0 aliphatic carbocycles. The number of aromatic hydroxyl groups is 1. The number of hydrogen-bond acceptors (Lipinski definition) is 4. The van der Waals surface area contributed by atoms with E-state index in [1.54, 1.807) is 0 Å². The lowest BCUT2D eigenvalue weighted by Crippen LogP contribution is -1.97. The van der Waals surface area contributed by atoms with Crippen molar-refractivity contribution in [2.45, 2.75) is 12.7 Å². The first-order valence-corrected chi connectivity index (χ1v) is 8.67. The van der Waals surface area contributed by atoms with Crippen LogP contribution in [0.4, 0.5) is 5.69 Å². The average Bonchev–Trinajstić information content (AvgIpc) is 2.90. The van der Waals surface area contributed by atoms with Crippen molar-refractivity contribution in [2.24, 2.45) is 10.2 Å². The Hall–Kier alpha value is -2.60. The molecule has 6 heteroatoms. The van der Waals surface area contributed by atoms with Gasteiger partial charge in [0.05, 0.1) is 11.3 Å². The summed E-state index contributed by atoms with van der Waals surface area (Å²) < 4.78 is 0. The second-order valence-corrected chi connectivity index (χ2v) is 6.37. The Morgan fingerprint density at radius 2 is 1.92 bits per heavy atom. The van der Waals surface area contributed by atoms with Crippen LogP contribution >= 0.6 is 11.8 Å². The number of amides is 1. The van der Waals surface area contributed by atoms with Gasteiger partial charge in [-0.1, -0.05) is 42.5 Å². The maximum Gasteiger partial charge on any atom is 0.274 e. The lowest BCUT2D eigenvalue weighted by molar-refractivity contribution is -0.115. The summed E-state index contributed by atoms with van der Waals surface area (Å²) in [7, 11) is 0. The Kier molecular flexibility index (Phi) is 4.96. The summed E-state index contributed by atoms with van der Waals surface area (Å²) in [5.74, 6) is 0.603. The Bertz CT molecular complexity index is 902. The third-order valence-electron chi connectivity index (χ3n) is 3.67. The molecule has 0 bridgehead atoms. The molecule has 1 aromatic heterocycles. The third-order valence-corrected chi connectivity index (χ3v) is 4.63. The van der Waals surface area contributed by atoms with Gasteiger partial charge in [-0.2, -0.15) is 0 Å². The zero-order valence-electron chi connectivity index (χ0n) is 13.2. The Balaban J connectivity index is 1.61. The molecule has 0 radical (unpaired) electrons. The fourth-order valence-corrected chi connectivity index (χ4v) is 3.25. The van der Waals surface area contributed by atoms with E-state index in [-0.39, 0.29) is 17.5 Å². The highest BCUT2D eigenvalue weighted by Crippen LogP contribution is 2.35. The van der Waals surface area contributed by atoms with Crippen molar-refractivity contribution in [3.05, 3.63) is 59.7 Å². The first-order chi connectivity index (χ1) is 11.6. The predicted octanol–water partition coefficient (Wildman–Crippen LogP) is 4.73. The number of aromatic amines is 1. The molecule has 2 aromatic carbocycles. The number of fused-ring (bicyclic) bond motifs is 1. The van der Waals surface area contributed by atoms with Crippen LogP contribution in [0.1, 0.15) is 11.1 Å². The maximum atomic E-state index is 11.9. The molecule has 0 atom stereocenters. The molecule has 0 aliphatic rings. The Labute approximate surface area is 143 Å². The van der Waals surface area contributed by atoms with Gasteiger partial charge in [0.2, 0.25) is 5.88 Å². The van der Waals surface area contributed by atoms with Gasteiger partial charge in [-0.05, 0) is 24.1 Å². The number of nitrogens with one attached hydrogen (secondary N) is 1. The molecular formula is C18H17N3O2S. The molecular weight excluding hydrogens is 322 g/mol. The monoisotopic (exact) mass is 339 g/mol. The number of aryl methyl sites for hydroxylation is 1. The van der Waals surface area contributed by atoms with E-state index in [1.807, 2.05) is 36.4 Å². The van der Waals surface area contributed by atoms with E-state index < -0.39 is 0 Å². The van der Waals surface area contributed by atoms with Crippen molar-refractivity contribution >= 4 is 34.3 Å². The molecule has 0 saturated heterocycles. The van der Waals surface area contributed by atoms with Gasteiger partial charge in [0.25, 0.3) is 5.91 Å². The van der Waals surface area contributed by atoms with Crippen molar-refractivity contribution in [1.82, 2.24) is 4.98 Å². The fraction of sp³-hybridized carbons (Fsp3) is 0.167. The first-order valence-electron chi connectivity index (χ1n) is 7.51. The van der Waals surface area contributed by atoms with Crippen LogP contribution in [0.5, 0.6) is 5.88 Å². The van der Waals surface area contributed by atoms with Gasteiger partial charge >= 0.3 is 0 Å². The summed E-state index contributed by atoms with van der Waals surface area (Å²) in [6.45, 7) is 2.05. The minimum absolute atomic E-state index is 0.0830. The highest BCUT2D eigenvalue weighted by atomic mass is 32.2. The second-order valence-electron chi connectivity index (χ2n) is 5.38. The molecule has 0 saturated carbocycles. The maximum absolute atomic E-state index is 11.9. The van der Waals surface area contributed by atoms with Crippen LogP contribution in [-0.4, -0.2) is 21.8 Å². The van der Waals surface area contributed by atoms with Gasteiger partial charge in [0.15, 0.2) is 5.69 Å². The third kappa shape index (κ3) is 3.65. The lowest BCUT2D eigenvalue weighted by atomic mass is 10.1. The van der Waals surface area contributed by atoms with Crippen molar-refractivity contribution in [1.29, 1.82) is 0 Å². The number of para-hydroxylation sites is 1. The van der Waals surface area contributed by atoms with Crippen molar-refractivity contribution in [3.63, 3.8) is 0 Å². The van der Waals surface area contributed by atoms with Gasteiger partial charge in [-0.15, -0.1) is 22.0 Å². The average molecular weight is 339 g/mol. The zero-order valence-corrected chi connectivity index (χ0v) is 14.0. The van der Waals surface area contributed by atoms with Crippen LogP contribution < -0.4 is 0 Å². The lowest BCUT2D eigenvalue weighted by Gasteiger charge is -2.03. The van der Waals surface area contributed by atoms with Crippen LogP contribution in [-0.2, 0) is 10.5 Å². The van der Waals surface area contributed by atoms with Crippen LogP contribution in [0.15, 0.2) is 58.8 Å². The normalized spacial score (nSPS) is 11.4. The predicted molar refractivity (Wildman–Crippen MR) is 96.8 cm³/mol. The van der Waals surface area contributed by atoms with E-state index in [1.165, 1.54) is 22.9 Å². The summed E-state index contributed by atoms with van der Waals surface area (Å²) in [5, 5.41) is 18.2. The van der Waals surface area contributed by atoms with Crippen molar-refractivity contribution in [3.8, 4) is 5.88 Å². The molecule has 1 amide bonds. The molecule has 1 heterocycles. The fourth-order valence-electron chi connectivity index (χ4n) is 2.37. The summed E-state index contributed by atoms with van der Waals surface area (Å²) in [6.07, 6.45) is 0. The van der Waals surface area contributed by atoms with E-state index in [2.05, 4.69) is 34.3 Å². The number of benzene rings is 2. The first kappa shape index (κ1) is 16.3. The Morgan fingerprint density at radius 3 is 2.75 bits per heavy atom. The highest BCUT2D eigenvalue weighted by molar-refractivity contribution is 7.99. The van der Waals surface area contributed by atoms with Crippen molar-refractivity contribution < 1.29 is 9.90 Å². The number of aromatic nitrogens is 1. The minimum Gasteiger partial charge on any atom is -0.493 e. The summed E-state index contributed by atoms with van der Waals surface area (Å²) in [4.78, 5) is 14.7. The molecule has 0 spiro atoms. The van der Waals surface area contributed by atoms with E-state index in [0.717, 1.165) is 16.7 Å². The topological polar surface area (TPSA) is 77.8 Å². The molecule has 3 aromatic rings. The smallest absolute Gasteiger partial charge is 0.274 e. The van der Waals surface area contributed by atoms with Gasteiger partial charge in [-0.25, -0.2) is 0 Å². The Morgan fingerprint density at radius 1 is 1.17 bits per heavy atom. The zero-order chi connectivity index (χ0) is 16.9. The van der Waals surface area contributed by atoms with Gasteiger partial charge < -0.3 is 10.1 Å². The summed E-state index contributed by atoms with van der Waals surface area (Å²) in [6, 6.07) is 15.4. The van der Waals surface area contributed by atoms with Crippen LogP contribution in [0.3, 0.4) is 0 Å². The molecule has 0 aliphatic heterocycles. The van der Waals surface area contributed by atoms with E-state index in [4.69, 9.17) is 0 Å². The standard InChI is InChI=1S/C18H17N3O2S/c1-12-6-2-3-7-13(12)10-24-11-16(22)20-21-17-14-8-4-5-9-15(14)19-18(17)23/h2-9,19,23H,10-11H2,1H3. The molecule has 5 nitrogen and oxygen atoms in total. The quantitative estimate of drug-likeness (QED) is 0.660. The van der Waals surface area contributed by atoms with Crippen LogP contribution in [0.2, 0.25) is 0 Å². The highest BCUT2D eigenvalue weighted by Gasteiger charge is 2.10. The second kappa shape index (κ2) is 7.31. The van der Waals surface area contributed by atoms with E-state index >= 15 is 0 Å². The number of thioether (sulfide) groups is 1. The minimum atomic E-state index is -0.321. The molecule has 0 fully saturated rings. The number of nitrogens with zero attached hydrogens (tertiary/aromatic N) is 2. The van der Waals surface area contributed by atoms with Gasteiger partial charge in [-0.3, -0.25) is 4.79 Å². The molecule has 24 heavy (non-hydrogen) atoms. The molecule has 3 rings (SSSR count). The number of H-pyrrole nitrogens is 1. The summed E-state index contributed by atoms with van der Waals surface area (Å²) in [5.41, 5.74) is 3.47. The van der Waals surface area contributed by atoms with E-state index in [9.17, 15) is 9.90 Å². The number of rotatable bonds is 5. The largest absolute Gasteiger partial charge is 0.493 e. The molecule has 0 unspecified atom stereocenters. The van der Waals surface area contributed by atoms with Gasteiger partial charge in [0, 0.05) is 11.1 Å². The number of carbonyl (C=O) groups is 1. The molecule has 122 valence electrons. The van der Waals surface area contributed by atoms with E-state index in [0.29, 0.717) is 5.69 Å². The summed E-state index contributed by atoms with van der Waals surface area (Å²) >= 11 is 1.50. The number of azo groups is 1. The number of carbonyl (C=O) groups excluding carboxylic acids is 1. The number of hydrogen-bond donors (Lipinski definition) is 2. The molecule has 2 N–H and O–H groups in total. The van der Waals surface area contributed by atoms with Crippen molar-refractivity contribution in [2.75, 3.05) is 5.75 Å². The van der Waals surface area contributed by atoms with Crippen LogP contribution in [0.25, 0.3) is 10.9 Å².